The maximum atomic E-state index is 10.9. The van der Waals surface area contributed by atoms with Crippen LogP contribution >= 0.6 is 0 Å². The third-order valence-electron chi connectivity index (χ3n) is 2.84. The van der Waals surface area contributed by atoms with Crippen LogP contribution in [0.3, 0.4) is 0 Å². The van der Waals surface area contributed by atoms with E-state index in [2.05, 4.69) is 0 Å². The largest absolute Gasteiger partial charge is 0.489 e. The Morgan fingerprint density at radius 1 is 1.19 bits per heavy atom. The number of nitrogens with zero attached hydrogens (tertiary/aromatic N) is 1. The fourth-order valence-electron chi connectivity index (χ4n) is 1.88. The van der Waals surface area contributed by atoms with Gasteiger partial charge in [-0.25, -0.2) is 0 Å². The Balaban J connectivity index is 2.17. The molecule has 0 heterocycles. The van der Waals surface area contributed by atoms with E-state index in [-0.39, 0.29) is 11.3 Å². The lowest BCUT2D eigenvalue weighted by Gasteiger charge is -2.08. The van der Waals surface area contributed by atoms with Crippen molar-refractivity contribution in [2.45, 2.75) is 13.0 Å². The molecule has 0 aliphatic rings. The highest BCUT2D eigenvalue weighted by atomic mass is 16.6. The summed E-state index contributed by atoms with van der Waals surface area (Å²) in [6.45, 7) is 0.311. The first-order valence-corrected chi connectivity index (χ1v) is 6.22. The molecule has 0 amide bonds. The van der Waals surface area contributed by atoms with Crippen LogP contribution in [0.4, 0.5) is 5.69 Å². The fourth-order valence-corrected chi connectivity index (χ4v) is 1.88. The minimum atomic E-state index is -1.13. The lowest BCUT2D eigenvalue weighted by Crippen LogP contribution is -2.04. The van der Waals surface area contributed by atoms with Gasteiger partial charge in [-0.3, -0.25) is 14.9 Å². The molecule has 0 aliphatic heterocycles. The number of nitro benzene ring substituents is 1. The molecule has 108 valence electrons. The lowest BCUT2D eigenvalue weighted by molar-refractivity contribution is -0.385. The predicted octanol–water partition coefficient (Wildman–Crippen LogP) is 2.80. The van der Waals surface area contributed by atoms with Gasteiger partial charge in [-0.05, 0) is 17.7 Å². The van der Waals surface area contributed by atoms with Gasteiger partial charge < -0.3 is 9.84 Å². The first kappa shape index (κ1) is 14.5. The van der Waals surface area contributed by atoms with E-state index in [9.17, 15) is 14.9 Å². The highest BCUT2D eigenvalue weighted by molar-refractivity contribution is 5.72. The van der Waals surface area contributed by atoms with Gasteiger partial charge in [0.25, 0.3) is 5.69 Å². The van der Waals surface area contributed by atoms with Crippen LogP contribution in [0.25, 0.3) is 0 Å². The molecule has 6 heteroatoms. The van der Waals surface area contributed by atoms with Crippen molar-refractivity contribution in [1.82, 2.24) is 0 Å². The fraction of sp³-hybridized carbons (Fsp3) is 0.133. The van der Waals surface area contributed by atoms with E-state index >= 15 is 0 Å². The second kappa shape index (κ2) is 6.51. The molecule has 0 spiro atoms. The topological polar surface area (TPSA) is 89.7 Å². The van der Waals surface area contributed by atoms with Gasteiger partial charge in [0, 0.05) is 11.6 Å². The summed E-state index contributed by atoms with van der Waals surface area (Å²) in [6, 6.07) is 13.6. The summed E-state index contributed by atoms with van der Waals surface area (Å²) in [4.78, 5) is 21.0. The molecule has 1 N–H and O–H groups in total. The van der Waals surface area contributed by atoms with Crippen molar-refractivity contribution >= 4 is 11.7 Å². The zero-order chi connectivity index (χ0) is 15.2. The molecule has 6 nitrogen and oxygen atoms in total. The van der Waals surface area contributed by atoms with Crippen LogP contribution in [0.5, 0.6) is 5.75 Å². The quantitative estimate of drug-likeness (QED) is 0.651. The maximum Gasteiger partial charge on any atom is 0.308 e. The molecule has 2 rings (SSSR count). The van der Waals surface area contributed by atoms with Gasteiger partial charge in [-0.15, -0.1) is 0 Å². The van der Waals surface area contributed by atoms with Gasteiger partial charge >= 0.3 is 5.97 Å². The Morgan fingerprint density at radius 2 is 1.90 bits per heavy atom. The van der Waals surface area contributed by atoms with E-state index in [0.29, 0.717) is 12.4 Å². The Bertz CT molecular complexity index is 654. The molecule has 0 saturated heterocycles. The van der Waals surface area contributed by atoms with Gasteiger partial charge in [0.15, 0.2) is 0 Å². The van der Waals surface area contributed by atoms with Gasteiger partial charge in [-0.1, -0.05) is 30.3 Å². The summed E-state index contributed by atoms with van der Waals surface area (Å²) in [6.07, 6.45) is -0.418. The van der Waals surface area contributed by atoms with Gasteiger partial charge in [0.1, 0.15) is 12.4 Å². The SMILES string of the molecule is O=C(O)Cc1cc(OCc2ccccc2)ccc1[N+](=O)[O-]. The second-order valence-corrected chi connectivity index (χ2v) is 4.39. The van der Waals surface area contributed by atoms with E-state index in [1.54, 1.807) is 0 Å². The number of hydrogen-bond acceptors (Lipinski definition) is 4. The Morgan fingerprint density at radius 3 is 2.52 bits per heavy atom. The van der Waals surface area contributed by atoms with E-state index in [1.165, 1.54) is 18.2 Å². The number of benzene rings is 2. The molecule has 0 fully saturated rings. The molecule has 0 saturated carbocycles. The molecule has 21 heavy (non-hydrogen) atoms. The van der Waals surface area contributed by atoms with Crippen LogP contribution < -0.4 is 4.74 Å². The molecule has 0 aromatic heterocycles. The first-order chi connectivity index (χ1) is 10.1. The number of ether oxygens (including phenoxy) is 1. The van der Waals surface area contributed by atoms with Crippen molar-refractivity contribution in [2.24, 2.45) is 0 Å². The first-order valence-electron chi connectivity index (χ1n) is 6.22. The number of carbonyl (C=O) groups is 1. The van der Waals surface area contributed by atoms with E-state index in [0.717, 1.165) is 5.56 Å². The molecule has 2 aromatic rings. The maximum absolute atomic E-state index is 10.9. The molecular formula is C15H13NO5. The van der Waals surface area contributed by atoms with Crippen LogP contribution in [0, 0.1) is 10.1 Å². The van der Waals surface area contributed by atoms with E-state index < -0.39 is 17.3 Å². The van der Waals surface area contributed by atoms with Crippen molar-refractivity contribution in [3.63, 3.8) is 0 Å². The van der Waals surface area contributed by atoms with Crippen molar-refractivity contribution < 1.29 is 19.6 Å². The monoisotopic (exact) mass is 287 g/mol. The Hall–Kier alpha value is -2.89. The minimum absolute atomic E-state index is 0.123. The van der Waals surface area contributed by atoms with Crippen LogP contribution in [-0.4, -0.2) is 16.0 Å². The number of aliphatic carboxylic acids is 1. The summed E-state index contributed by atoms with van der Waals surface area (Å²) in [5, 5.41) is 19.7. The van der Waals surface area contributed by atoms with Crippen LogP contribution in [0.2, 0.25) is 0 Å². The van der Waals surface area contributed by atoms with Crippen LogP contribution in [0.1, 0.15) is 11.1 Å². The third kappa shape index (κ3) is 4.04. The zero-order valence-corrected chi connectivity index (χ0v) is 11.1. The second-order valence-electron chi connectivity index (χ2n) is 4.39. The van der Waals surface area contributed by atoms with Crippen molar-refractivity contribution in [2.75, 3.05) is 0 Å². The third-order valence-corrected chi connectivity index (χ3v) is 2.84. The summed E-state index contributed by atoms with van der Waals surface area (Å²) in [5.41, 5.74) is 0.859. The normalized spacial score (nSPS) is 10.1. The van der Waals surface area contributed by atoms with Gasteiger partial charge in [0.2, 0.25) is 0 Å². The average Bonchev–Trinajstić information content (AvgIpc) is 2.45. The zero-order valence-electron chi connectivity index (χ0n) is 11.1. The molecular weight excluding hydrogens is 274 g/mol. The molecule has 0 unspecified atom stereocenters. The van der Waals surface area contributed by atoms with Crippen molar-refractivity contribution in [3.8, 4) is 5.75 Å². The standard InChI is InChI=1S/C15H13NO5/c17-15(18)9-12-8-13(6-7-14(12)16(19)20)21-10-11-4-2-1-3-5-11/h1-8H,9-10H2,(H,17,18). The number of hydrogen-bond donors (Lipinski definition) is 1. The summed E-state index contributed by atoms with van der Waals surface area (Å²) in [7, 11) is 0. The summed E-state index contributed by atoms with van der Waals surface area (Å²) >= 11 is 0. The number of rotatable bonds is 6. The average molecular weight is 287 g/mol. The Kier molecular flexibility index (Phi) is 4.50. The number of carboxylic acid groups (broad SMARTS) is 1. The highest BCUT2D eigenvalue weighted by Gasteiger charge is 2.17. The molecule has 0 atom stereocenters. The van der Waals surface area contributed by atoms with E-state index in [1.807, 2.05) is 30.3 Å². The van der Waals surface area contributed by atoms with Crippen molar-refractivity contribution in [3.05, 3.63) is 69.8 Å². The minimum Gasteiger partial charge on any atom is -0.489 e. The molecule has 0 aliphatic carbocycles. The lowest BCUT2D eigenvalue weighted by atomic mass is 10.1. The van der Waals surface area contributed by atoms with E-state index in [4.69, 9.17) is 9.84 Å². The Labute approximate surface area is 120 Å². The predicted molar refractivity (Wildman–Crippen MR) is 75.2 cm³/mol. The molecule has 2 aromatic carbocycles. The number of nitro groups is 1. The molecule has 0 bridgehead atoms. The molecule has 0 radical (unpaired) electrons. The van der Waals surface area contributed by atoms with Crippen molar-refractivity contribution in [1.29, 1.82) is 0 Å². The smallest absolute Gasteiger partial charge is 0.308 e. The van der Waals surface area contributed by atoms with Gasteiger partial charge in [0.05, 0.1) is 11.3 Å². The van der Waals surface area contributed by atoms with Crippen LogP contribution in [-0.2, 0) is 17.8 Å². The van der Waals surface area contributed by atoms with Gasteiger partial charge in [-0.2, -0.15) is 0 Å². The summed E-state index contributed by atoms with van der Waals surface area (Å²) < 4.78 is 5.53. The summed E-state index contributed by atoms with van der Waals surface area (Å²) in [5.74, 6) is -0.723. The number of carboxylic acids is 1. The van der Waals surface area contributed by atoms with Crippen LogP contribution in [0.15, 0.2) is 48.5 Å². The highest BCUT2D eigenvalue weighted by Crippen LogP contribution is 2.25.